The van der Waals surface area contributed by atoms with Gasteiger partial charge in [0.15, 0.2) is 0 Å². The quantitative estimate of drug-likeness (QED) is 0.0574. The van der Waals surface area contributed by atoms with E-state index in [2.05, 4.69) is 15.9 Å². The minimum atomic E-state index is -5.20. The van der Waals surface area contributed by atoms with Crippen LogP contribution in [0.3, 0.4) is 0 Å². The summed E-state index contributed by atoms with van der Waals surface area (Å²) in [6.45, 7) is -0.0639. The molecule has 2 amide bonds. The molecule has 2 fully saturated rings. The lowest BCUT2D eigenvalue weighted by Gasteiger charge is -2.43. The average molecular weight is 840 g/mol. The number of rotatable bonds is 9. The number of aromatic hydroxyl groups is 1. The maximum absolute atomic E-state index is 14.3. The molecular formula is C41H33BBrF6NO6. The molecule has 1 aliphatic carbocycles. The number of benzene rings is 4. The highest BCUT2D eigenvalue weighted by Gasteiger charge is 2.58. The zero-order valence-corrected chi connectivity index (χ0v) is 30.9. The summed E-state index contributed by atoms with van der Waals surface area (Å²) in [7, 11) is -1.41. The van der Waals surface area contributed by atoms with E-state index in [-0.39, 0.29) is 37.6 Å². The van der Waals surface area contributed by atoms with Crippen molar-refractivity contribution in [3.63, 3.8) is 0 Å². The number of para-hydroxylation sites is 1. The van der Waals surface area contributed by atoms with E-state index >= 15 is 0 Å². The Kier molecular flexibility index (Phi) is 11.0. The molecular weight excluding hydrogens is 807 g/mol. The van der Waals surface area contributed by atoms with E-state index in [0.29, 0.717) is 45.9 Å². The summed E-state index contributed by atoms with van der Waals surface area (Å²) >= 11 is 3.44. The highest BCUT2D eigenvalue weighted by Crippen LogP contribution is 2.52. The Balaban J connectivity index is 1.27. The van der Waals surface area contributed by atoms with Gasteiger partial charge >= 0.3 is 19.5 Å². The fourth-order valence-electron chi connectivity index (χ4n) is 7.97. The molecule has 7 nitrogen and oxygen atoms in total. The number of carbonyl (C=O) groups is 2. The number of nitrogens with zero attached hydrogens (tertiary/aromatic N) is 1. The van der Waals surface area contributed by atoms with Crippen LogP contribution >= 0.6 is 15.9 Å². The largest absolute Gasteiger partial charge is 0.507 e. The second-order valence-corrected chi connectivity index (χ2v) is 14.9. The molecule has 0 unspecified atom stereocenters. The Hall–Kier alpha value is -4.86. The average Bonchev–Trinajstić information content (AvgIpc) is 3.41. The van der Waals surface area contributed by atoms with E-state index in [1.54, 1.807) is 48.5 Å². The molecule has 2 aliphatic heterocycles. The molecule has 7 rings (SSSR count). The monoisotopic (exact) mass is 839 g/mol. The number of allylic oxidation sites excluding steroid dienone is 1. The van der Waals surface area contributed by atoms with Crippen molar-refractivity contribution in [1.29, 1.82) is 0 Å². The van der Waals surface area contributed by atoms with Gasteiger partial charge in [0.2, 0.25) is 11.8 Å². The number of ether oxygens (including phenoxy) is 1. The van der Waals surface area contributed by atoms with Gasteiger partial charge in [0, 0.05) is 10.0 Å². The number of phenols is 1. The molecule has 0 bridgehead atoms. The van der Waals surface area contributed by atoms with Gasteiger partial charge in [0.05, 0.1) is 34.8 Å². The SMILES string of the molecule is O=C1[C@@H]2[C@@H](CC(COc3ccccc3)=C3[C@@H](CC/C(=C/c4cc(Br)ccc4O)c4ccccc4)OB(O)C[C@@H]32)C(=O)N1c1cc(C(F)(F)F)cc(C(F)(F)F)c1. The fraction of sp³-hybridized carbons (Fsp3) is 0.268. The molecule has 4 aromatic rings. The van der Waals surface area contributed by atoms with Crippen molar-refractivity contribution in [3.05, 3.63) is 135 Å². The lowest BCUT2D eigenvalue weighted by atomic mass is 9.58. The first-order valence-corrected chi connectivity index (χ1v) is 18.5. The first kappa shape index (κ1) is 39.4. The molecule has 4 atom stereocenters. The van der Waals surface area contributed by atoms with Crippen LogP contribution in [-0.4, -0.2) is 41.8 Å². The van der Waals surface area contributed by atoms with E-state index < -0.39 is 72.0 Å². The van der Waals surface area contributed by atoms with Gasteiger partial charge in [-0.25, -0.2) is 4.90 Å². The second-order valence-electron chi connectivity index (χ2n) is 14.0. The van der Waals surface area contributed by atoms with Gasteiger partial charge in [-0.3, -0.25) is 9.59 Å². The van der Waals surface area contributed by atoms with Gasteiger partial charge in [-0.05, 0) is 108 Å². The predicted octanol–water partition coefficient (Wildman–Crippen LogP) is 9.59. The summed E-state index contributed by atoms with van der Waals surface area (Å²) in [5.74, 6) is -4.57. The van der Waals surface area contributed by atoms with Crippen molar-refractivity contribution in [2.75, 3.05) is 11.5 Å². The van der Waals surface area contributed by atoms with Crippen LogP contribution in [0.1, 0.15) is 41.5 Å². The first-order valence-electron chi connectivity index (χ1n) is 17.7. The van der Waals surface area contributed by atoms with Gasteiger partial charge in [-0.2, -0.15) is 26.3 Å². The molecule has 0 saturated carbocycles. The Morgan fingerprint density at radius 2 is 1.52 bits per heavy atom. The van der Waals surface area contributed by atoms with E-state index in [1.165, 1.54) is 0 Å². The van der Waals surface area contributed by atoms with Crippen LogP contribution in [0.25, 0.3) is 11.6 Å². The molecule has 290 valence electrons. The first-order chi connectivity index (χ1) is 26.6. The fourth-order valence-corrected chi connectivity index (χ4v) is 8.35. The summed E-state index contributed by atoms with van der Waals surface area (Å²) in [5, 5.41) is 21.8. The van der Waals surface area contributed by atoms with Gasteiger partial charge in [0.1, 0.15) is 18.1 Å². The van der Waals surface area contributed by atoms with Crippen LogP contribution in [0.5, 0.6) is 11.5 Å². The zero-order chi connectivity index (χ0) is 39.9. The number of carbonyl (C=O) groups excluding carboxylic acids is 2. The maximum Gasteiger partial charge on any atom is 0.455 e. The highest BCUT2D eigenvalue weighted by atomic mass is 79.9. The number of alkyl halides is 6. The molecule has 2 N–H and O–H groups in total. The second kappa shape index (κ2) is 15.6. The number of hydrogen-bond acceptors (Lipinski definition) is 6. The molecule has 56 heavy (non-hydrogen) atoms. The van der Waals surface area contributed by atoms with Crippen LogP contribution in [0.2, 0.25) is 6.32 Å². The smallest absolute Gasteiger partial charge is 0.455 e. The molecule has 0 spiro atoms. The van der Waals surface area contributed by atoms with Crippen molar-refractivity contribution in [3.8, 4) is 11.5 Å². The van der Waals surface area contributed by atoms with E-state index in [4.69, 9.17) is 9.39 Å². The number of anilines is 1. The lowest BCUT2D eigenvalue weighted by molar-refractivity contribution is -0.143. The molecule has 0 aromatic heterocycles. The van der Waals surface area contributed by atoms with Crippen molar-refractivity contribution < 1.29 is 55.5 Å². The Labute approximate surface area is 326 Å². The third-order valence-electron chi connectivity index (χ3n) is 10.4. The number of fused-ring (bicyclic) bond motifs is 3. The van der Waals surface area contributed by atoms with Crippen molar-refractivity contribution in [2.24, 2.45) is 17.8 Å². The van der Waals surface area contributed by atoms with Crippen molar-refractivity contribution in [2.45, 2.75) is 44.0 Å². The van der Waals surface area contributed by atoms with Crippen LogP contribution in [0.4, 0.5) is 32.0 Å². The summed E-state index contributed by atoms with van der Waals surface area (Å²) in [6, 6.07) is 23.8. The molecule has 15 heteroatoms. The molecule has 2 saturated heterocycles. The van der Waals surface area contributed by atoms with Gasteiger partial charge in [-0.15, -0.1) is 0 Å². The Bertz CT molecular complexity index is 2160. The number of halogens is 7. The topological polar surface area (TPSA) is 96.3 Å². The van der Waals surface area contributed by atoms with Crippen molar-refractivity contribution in [1.82, 2.24) is 0 Å². The molecule has 4 aromatic carbocycles. The third kappa shape index (κ3) is 8.16. The third-order valence-corrected chi connectivity index (χ3v) is 10.9. The summed E-state index contributed by atoms with van der Waals surface area (Å²) in [6.07, 6.45) is -9.05. The van der Waals surface area contributed by atoms with E-state index in [0.717, 1.165) is 15.6 Å². The number of imide groups is 1. The van der Waals surface area contributed by atoms with Crippen LogP contribution in [0.15, 0.2) is 113 Å². The van der Waals surface area contributed by atoms with E-state index in [1.807, 2.05) is 36.4 Å². The minimum absolute atomic E-state index is 0.0458. The van der Waals surface area contributed by atoms with Crippen LogP contribution in [-0.2, 0) is 26.6 Å². The minimum Gasteiger partial charge on any atom is -0.507 e. The molecule has 3 aliphatic rings. The van der Waals surface area contributed by atoms with Gasteiger partial charge < -0.3 is 19.5 Å². The summed E-state index contributed by atoms with van der Waals surface area (Å²) in [5.41, 5.74) is -0.797. The van der Waals surface area contributed by atoms with Gasteiger partial charge in [0.25, 0.3) is 0 Å². The predicted molar refractivity (Wildman–Crippen MR) is 200 cm³/mol. The molecule has 0 radical (unpaired) electrons. The summed E-state index contributed by atoms with van der Waals surface area (Å²) < 4.78 is 96.1. The van der Waals surface area contributed by atoms with Crippen molar-refractivity contribution >= 4 is 52.2 Å². The van der Waals surface area contributed by atoms with Crippen LogP contribution in [0, 0.1) is 17.8 Å². The number of hydrogen-bond donors (Lipinski definition) is 2. The normalized spacial score (nSPS) is 21.7. The van der Waals surface area contributed by atoms with Gasteiger partial charge in [-0.1, -0.05) is 64.5 Å². The van der Waals surface area contributed by atoms with E-state index in [9.17, 15) is 46.1 Å². The highest BCUT2D eigenvalue weighted by molar-refractivity contribution is 9.10. The molecule has 2 heterocycles. The lowest BCUT2D eigenvalue weighted by Crippen LogP contribution is -2.46. The summed E-state index contributed by atoms with van der Waals surface area (Å²) in [4.78, 5) is 28.8. The maximum atomic E-state index is 14.3. The Morgan fingerprint density at radius 3 is 2.16 bits per heavy atom. The van der Waals surface area contributed by atoms with Crippen LogP contribution < -0.4 is 9.64 Å². The number of phenolic OH excluding ortho intramolecular Hbond substituents is 1. The number of amides is 2. The standard InChI is InChI=1S/C41H33BBrF6NO6/c43-29-12-13-34(51)25(16-29)15-24(23-7-3-1-4-8-23)11-14-35-36-26(22-55-31-9-5-2-6-10-31)17-32-37(33(36)21-42(54)56-35)39(53)50(38(32)52)30-19-27(40(44,45)46)18-28(20-30)41(47,48)49/h1-10,12-13,15-16,18-20,32-33,35,37,51,54H,11,14,17,21-22H2/b24-15-/t32-,33+,35-,37-/m1/s1. The Morgan fingerprint density at radius 1 is 0.875 bits per heavy atom. The zero-order valence-electron chi connectivity index (χ0n) is 29.4.